The molecule has 0 radical (unpaired) electrons. The van der Waals surface area contributed by atoms with E-state index in [4.69, 9.17) is 20.3 Å². The van der Waals surface area contributed by atoms with Gasteiger partial charge >= 0.3 is 0 Å². The number of amides is 1. The van der Waals surface area contributed by atoms with Crippen LogP contribution in [0.15, 0.2) is 6.20 Å². The van der Waals surface area contributed by atoms with E-state index in [1.54, 1.807) is 0 Å². The Bertz CT molecular complexity index is 356. The van der Waals surface area contributed by atoms with Crippen LogP contribution in [0.2, 0.25) is 0 Å². The zero-order chi connectivity index (χ0) is 11.3. The van der Waals surface area contributed by atoms with Gasteiger partial charge < -0.3 is 20.3 Å². The van der Waals surface area contributed by atoms with Crippen molar-refractivity contribution in [2.24, 2.45) is 5.73 Å². The van der Waals surface area contributed by atoms with Crippen molar-refractivity contribution in [2.75, 3.05) is 20.3 Å². The second kappa shape index (κ2) is 5.11. The van der Waals surface area contributed by atoms with Crippen LogP contribution in [0.1, 0.15) is 10.5 Å². The van der Waals surface area contributed by atoms with Crippen LogP contribution in [0.4, 0.5) is 0 Å². The van der Waals surface area contributed by atoms with Gasteiger partial charge in [0.2, 0.25) is 11.8 Å². The highest BCUT2D eigenvalue weighted by Crippen LogP contribution is 2.14. The van der Waals surface area contributed by atoms with Crippen molar-refractivity contribution in [2.45, 2.75) is 0 Å². The van der Waals surface area contributed by atoms with Crippen LogP contribution in [0.3, 0.4) is 0 Å². The third-order valence-electron chi connectivity index (χ3n) is 1.50. The molecule has 7 heteroatoms. The van der Waals surface area contributed by atoms with E-state index < -0.39 is 11.8 Å². The van der Waals surface area contributed by atoms with E-state index in [1.165, 1.54) is 13.3 Å². The number of primary amides is 1. The average Bonchev–Trinajstić information content (AvgIpc) is 2.20. The number of nitrogens with two attached hydrogens (primary N) is 1. The predicted octanol–water partition coefficient (Wildman–Crippen LogP) is -0.694. The highest BCUT2D eigenvalue weighted by atomic mass is 16.5. The first-order valence-electron chi connectivity index (χ1n) is 4.12. The molecule has 0 unspecified atom stereocenters. The Balaban J connectivity index is 2.74. The molecule has 0 spiro atoms. The molecule has 1 amide bonds. The summed E-state index contributed by atoms with van der Waals surface area (Å²) >= 11 is 0. The van der Waals surface area contributed by atoms with Crippen molar-refractivity contribution in [1.29, 1.82) is 0 Å². The fourth-order valence-electron chi connectivity index (χ4n) is 0.831. The van der Waals surface area contributed by atoms with E-state index in [1.807, 2.05) is 0 Å². The molecular formula is C8H11N3O4. The van der Waals surface area contributed by atoms with E-state index in [2.05, 4.69) is 9.97 Å². The summed E-state index contributed by atoms with van der Waals surface area (Å²) in [5, 5.41) is 9.12. The topological polar surface area (TPSA) is 108 Å². The van der Waals surface area contributed by atoms with Gasteiger partial charge in [-0.25, -0.2) is 9.97 Å². The minimum atomic E-state index is -0.864. The van der Waals surface area contributed by atoms with Crippen LogP contribution < -0.4 is 10.5 Å². The molecule has 0 saturated carbocycles. The van der Waals surface area contributed by atoms with Gasteiger partial charge in [-0.1, -0.05) is 0 Å². The maximum atomic E-state index is 10.8. The minimum Gasteiger partial charge on any atom is -0.492 e. The molecule has 82 valence electrons. The number of carbonyl (C=O) groups is 1. The largest absolute Gasteiger partial charge is 0.492 e. The predicted molar refractivity (Wildman–Crippen MR) is 49.6 cm³/mol. The molecule has 0 aliphatic carbocycles. The summed E-state index contributed by atoms with van der Waals surface area (Å²) in [6.45, 7) is 0.655. The normalized spacial score (nSPS) is 9.93. The molecule has 1 rings (SSSR count). The molecule has 1 heterocycles. The van der Waals surface area contributed by atoms with Crippen LogP contribution >= 0.6 is 0 Å². The van der Waals surface area contributed by atoms with Gasteiger partial charge in [0, 0.05) is 7.11 Å². The number of ether oxygens (including phenoxy) is 2. The third-order valence-corrected chi connectivity index (χ3v) is 1.50. The molecule has 15 heavy (non-hydrogen) atoms. The van der Waals surface area contributed by atoms with Crippen LogP contribution in [0.5, 0.6) is 11.8 Å². The second-order valence-electron chi connectivity index (χ2n) is 2.59. The molecule has 1 aromatic heterocycles. The Morgan fingerprint density at radius 2 is 2.33 bits per heavy atom. The van der Waals surface area contributed by atoms with Gasteiger partial charge in [-0.15, -0.1) is 0 Å². The Morgan fingerprint density at radius 1 is 1.60 bits per heavy atom. The maximum Gasteiger partial charge on any atom is 0.273 e. The Labute approximate surface area is 85.9 Å². The Morgan fingerprint density at radius 3 is 2.93 bits per heavy atom. The molecule has 0 saturated heterocycles. The van der Waals surface area contributed by atoms with Gasteiger partial charge in [-0.05, 0) is 0 Å². The third kappa shape index (κ3) is 3.06. The van der Waals surface area contributed by atoms with Gasteiger partial charge in [0.15, 0.2) is 5.69 Å². The van der Waals surface area contributed by atoms with Crippen molar-refractivity contribution < 1.29 is 19.4 Å². The van der Waals surface area contributed by atoms with Crippen LogP contribution in [-0.2, 0) is 4.74 Å². The quantitative estimate of drug-likeness (QED) is 0.626. The van der Waals surface area contributed by atoms with E-state index in [-0.39, 0.29) is 18.2 Å². The van der Waals surface area contributed by atoms with Crippen molar-refractivity contribution in [1.82, 2.24) is 9.97 Å². The van der Waals surface area contributed by atoms with Gasteiger partial charge in [-0.3, -0.25) is 4.79 Å². The molecule has 1 aromatic rings. The summed E-state index contributed by atoms with van der Waals surface area (Å²) in [7, 11) is 1.53. The van der Waals surface area contributed by atoms with Crippen LogP contribution in [-0.4, -0.2) is 41.3 Å². The summed E-state index contributed by atoms with van der Waals surface area (Å²) in [4.78, 5) is 18.0. The number of aromatic hydroxyl groups is 1. The zero-order valence-electron chi connectivity index (χ0n) is 8.14. The number of methoxy groups -OCH3 is 1. The first kappa shape index (κ1) is 11.2. The zero-order valence-corrected chi connectivity index (χ0v) is 8.14. The highest BCUT2D eigenvalue weighted by molar-refractivity contribution is 5.92. The van der Waals surface area contributed by atoms with E-state index in [0.717, 1.165) is 0 Å². The molecule has 3 N–H and O–H groups in total. The fourth-order valence-corrected chi connectivity index (χ4v) is 0.831. The Kier molecular flexibility index (Phi) is 3.81. The first-order valence-corrected chi connectivity index (χ1v) is 4.12. The van der Waals surface area contributed by atoms with Crippen molar-refractivity contribution in [3.05, 3.63) is 11.9 Å². The summed E-state index contributed by atoms with van der Waals surface area (Å²) < 4.78 is 9.83. The van der Waals surface area contributed by atoms with Crippen LogP contribution in [0.25, 0.3) is 0 Å². The summed E-state index contributed by atoms with van der Waals surface area (Å²) in [5.74, 6) is -1.27. The van der Waals surface area contributed by atoms with Crippen molar-refractivity contribution in [3.8, 4) is 11.8 Å². The molecule has 0 bridgehead atoms. The van der Waals surface area contributed by atoms with Gasteiger partial charge in [0.25, 0.3) is 5.91 Å². The average molecular weight is 213 g/mol. The number of rotatable bonds is 5. The van der Waals surface area contributed by atoms with Crippen molar-refractivity contribution >= 4 is 5.91 Å². The lowest BCUT2D eigenvalue weighted by Gasteiger charge is -2.05. The highest BCUT2D eigenvalue weighted by Gasteiger charge is 2.12. The van der Waals surface area contributed by atoms with Gasteiger partial charge in [0.1, 0.15) is 6.61 Å². The smallest absolute Gasteiger partial charge is 0.273 e. The molecule has 0 atom stereocenters. The molecule has 0 fully saturated rings. The number of carbonyl (C=O) groups excluding carboxylic acids is 1. The lowest BCUT2D eigenvalue weighted by Crippen LogP contribution is -2.15. The summed E-state index contributed by atoms with van der Waals surface area (Å²) in [6.07, 6.45) is 1.19. The summed E-state index contributed by atoms with van der Waals surface area (Å²) in [6, 6.07) is 0. The lowest BCUT2D eigenvalue weighted by molar-refractivity contribution is 0.0989. The van der Waals surface area contributed by atoms with E-state index >= 15 is 0 Å². The monoisotopic (exact) mass is 213 g/mol. The Hall–Kier alpha value is -1.89. The number of nitrogens with zero attached hydrogens (tertiary/aromatic N) is 2. The van der Waals surface area contributed by atoms with Gasteiger partial charge in [0.05, 0.1) is 12.8 Å². The molecule has 0 aliphatic heterocycles. The molecule has 7 nitrogen and oxygen atoms in total. The van der Waals surface area contributed by atoms with E-state index in [9.17, 15) is 4.79 Å². The van der Waals surface area contributed by atoms with Crippen molar-refractivity contribution in [3.63, 3.8) is 0 Å². The number of hydrogen-bond donors (Lipinski definition) is 2. The second-order valence-corrected chi connectivity index (χ2v) is 2.59. The molecule has 0 aromatic carbocycles. The molecule has 0 aliphatic rings. The number of aromatic nitrogens is 2. The molecular weight excluding hydrogens is 202 g/mol. The van der Waals surface area contributed by atoms with Gasteiger partial charge in [-0.2, -0.15) is 0 Å². The summed E-state index contributed by atoms with van der Waals surface area (Å²) in [5.41, 5.74) is 4.64. The number of hydrogen-bond acceptors (Lipinski definition) is 6. The lowest BCUT2D eigenvalue weighted by atomic mass is 10.4. The SMILES string of the molecule is COCCOc1cnc(O)c(C(N)=O)n1. The first-order chi connectivity index (χ1) is 7.15. The maximum absolute atomic E-state index is 10.8. The fraction of sp³-hybridized carbons (Fsp3) is 0.375. The standard InChI is InChI=1S/C8H11N3O4/c1-14-2-3-15-5-4-10-8(13)6(11-5)7(9)12/h4H,2-3H2,1H3,(H2,9,12)(H,10,13). The van der Waals surface area contributed by atoms with E-state index in [0.29, 0.717) is 6.61 Å². The minimum absolute atomic E-state index is 0.110. The van der Waals surface area contributed by atoms with Crippen LogP contribution in [0, 0.1) is 0 Å².